The zero-order valence-corrected chi connectivity index (χ0v) is 12.3. The maximum atomic E-state index is 5.20. The smallest absolute Gasteiger partial charge is 0.137 e. The first kappa shape index (κ1) is 13.4. The van der Waals surface area contributed by atoms with Crippen molar-refractivity contribution in [3.05, 3.63) is 52.4 Å². The van der Waals surface area contributed by atoms with E-state index < -0.39 is 0 Å². The Labute approximate surface area is 120 Å². The van der Waals surface area contributed by atoms with Gasteiger partial charge in [-0.1, -0.05) is 29.4 Å². The van der Waals surface area contributed by atoms with E-state index in [4.69, 9.17) is 4.52 Å². The molecule has 2 aromatic rings. The summed E-state index contributed by atoms with van der Waals surface area (Å²) in [6.07, 6.45) is 4.52. The zero-order chi connectivity index (χ0) is 13.9. The van der Waals surface area contributed by atoms with Crippen LogP contribution in [0.5, 0.6) is 0 Å². The number of nitrogens with one attached hydrogen (secondary N) is 1. The lowest BCUT2D eigenvalue weighted by molar-refractivity contribution is 0.392. The Morgan fingerprint density at radius 2 is 1.90 bits per heavy atom. The lowest BCUT2D eigenvalue weighted by Crippen LogP contribution is -2.30. The summed E-state index contributed by atoms with van der Waals surface area (Å²) < 4.78 is 5.20. The molecule has 0 atom stereocenters. The summed E-state index contributed by atoms with van der Waals surface area (Å²) in [5, 5.41) is 7.68. The molecule has 0 saturated carbocycles. The molecular formula is C17H22N2O. The normalized spacial score (nSPS) is 14.7. The van der Waals surface area contributed by atoms with Crippen LogP contribution in [0.4, 0.5) is 0 Å². The third-order valence-corrected chi connectivity index (χ3v) is 4.27. The van der Waals surface area contributed by atoms with E-state index in [9.17, 15) is 0 Å². The molecule has 0 spiro atoms. The lowest BCUT2D eigenvalue weighted by Gasteiger charge is -2.11. The Kier molecular flexibility index (Phi) is 3.88. The van der Waals surface area contributed by atoms with E-state index in [1.807, 2.05) is 13.8 Å². The van der Waals surface area contributed by atoms with Crippen molar-refractivity contribution in [2.75, 3.05) is 6.54 Å². The minimum Gasteiger partial charge on any atom is -0.361 e. The summed E-state index contributed by atoms with van der Waals surface area (Å²) in [6, 6.07) is 9.39. The standard InChI is InChI=1S/C17H22N2O/c1-12-17(13(2)20-19-12)8-5-9-18-16-10-14-6-3-4-7-15(14)11-16/h3-4,6-7,16,18H,5,8-11H2,1-2H3. The molecule has 3 nitrogen and oxygen atoms in total. The Morgan fingerprint density at radius 3 is 2.50 bits per heavy atom. The largest absolute Gasteiger partial charge is 0.361 e. The molecule has 0 radical (unpaired) electrons. The first-order valence-electron chi connectivity index (χ1n) is 7.46. The van der Waals surface area contributed by atoms with E-state index in [1.54, 1.807) is 0 Å². The molecule has 0 aliphatic heterocycles. The third-order valence-electron chi connectivity index (χ3n) is 4.27. The molecule has 0 amide bonds. The van der Waals surface area contributed by atoms with E-state index in [1.165, 1.54) is 29.5 Å². The fourth-order valence-corrected chi connectivity index (χ4v) is 3.13. The molecule has 1 aromatic heterocycles. The van der Waals surface area contributed by atoms with Crippen molar-refractivity contribution < 1.29 is 4.52 Å². The number of hydrogen-bond acceptors (Lipinski definition) is 3. The minimum absolute atomic E-state index is 0.608. The van der Waals surface area contributed by atoms with Crippen molar-refractivity contribution in [1.29, 1.82) is 0 Å². The van der Waals surface area contributed by atoms with Crippen LogP contribution in [-0.2, 0) is 19.3 Å². The van der Waals surface area contributed by atoms with Gasteiger partial charge < -0.3 is 9.84 Å². The Balaban J connectivity index is 1.44. The Morgan fingerprint density at radius 1 is 1.20 bits per heavy atom. The predicted molar refractivity (Wildman–Crippen MR) is 79.9 cm³/mol. The van der Waals surface area contributed by atoms with Gasteiger partial charge in [0.15, 0.2) is 0 Å². The number of benzene rings is 1. The van der Waals surface area contributed by atoms with Crippen LogP contribution in [0, 0.1) is 13.8 Å². The summed E-state index contributed by atoms with van der Waals surface area (Å²) >= 11 is 0. The average Bonchev–Trinajstić information content (AvgIpc) is 2.99. The first-order chi connectivity index (χ1) is 9.74. The first-order valence-corrected chi connectivity index (χ1v) is 7.46. The van der Waals surface area contributed by atoms with Crippen LogP contribution >= 0.6 is 0 Å². The summed E-state index contributed by atoms with van der Waals surface area (Å²) in [5.41, 5.74) is 5.34. The summed E-state index contributed by atoms with van der Waals surface area (Å²) in [7, 11) is 0. The van der Waals surface area contributed by atoms with Gasteiger partial charge in [0.1, 0.15) is 5.76 Å². The van der Waals surface area contributed by atoms with E-state index in [0.717, 1.165) is 30.8 Å². The van der Waals surface area contributed by atoms with Crippen molar-refractivity contribution in [1.82, 2.24) is 10.5 Å². The van der Waals surface area contributed by atoms with Crippen LogP contribution in [0.1, 0.15) is 34.6 Å². The summed E-state index contributed by atoms with van der Waals surface area (Å²) in [6.45, 7) is 5.08. The van der Waals surface area contributed by atoms with Gasteiger partial charge in [-0.3, -0.25) is 0 Å². The molecule has 3 rings (SSSR count). The lowest BCUT2D eigenvalue weighted by atomic mass is 10.1. The molecule has 1 aliphatic rings. The Hall–Kier alpha value is -1.61. The number of hydrogen-bond donors (Lipinski definition) is 1. The van der Waals surface area contributed by atoms with Gasteiger partial charge >= 0.3 is 0 Å². The highest BCUT2D eigenvalue weighted by molar-refractivity contribution is 5.33. The quantitative estimate of drug-likeness (QED) is 0.849. The topological polar surface area (TPSA) is 38.1 Å². The monoisotopic (exact) mass is 270 g/mol. The average molecular weight is 270 g/mol. The van der Waals surface area contributed by atoms with Crippen LogP contribution in [0.25, 0.3) is 0 Å². The summed E-state index contributed by atoms with van der Waals surface area (Å²) in [5.74, 6) is 0.968. The van der Waals surface area contributed by atoms with Crippen LogP contribution in [0.2, 0.25) is 0 Å². The van der Waals surface area contributed by atoms with Crippen LogP contribution in [0.3, 0.4) is 0 Å². The van der Waals surface area contributed by atoms with Crippen molar-refractivity contribution in [2.45, 2.75) is 45.6 Å². The van der Waals surface area contributed by atoms with Gasteiger partial charge in [0.2, 0.25) is 0 Å². The molecule has 0 saturated heterocycles. The zero-order valence-electron chi connectivity index (χ0n) is 12.3. The van der Waals surface area contributed by atoms with Gasteiger partial charge in [-0.15, -0.1) is 0 Å². The number of aryl methyl sites for hydroxylation is 2. The second kappa shape index (κ2) is 5.80. The predicted octanol–water partition coefficient (Wildman–Crippen LogP) is 2.98. The van der Waals surface area contributed by atoms with Gasteiger partial charge in [0, 0.05) is 11.6 Å². The maximum Gasteiger partial charge on any atom is 0.137 e. The molecule has 1 heterocycles. The number of rotatable bonds is 5. The highest BCUT2D eigenvalue weighted by Gasteiger charge is 2.19. The van der Waals surface area contributed by atoms with Gasteiger partial charge in [-0.25, -0.2) is 0 Å². The fraction of sp³-hybridized carbons (Fsp3) is 0.471. The van der Waals surface area contributed by atoms with Crippen molar-refractivity contribution >= 4 is 0 Å². The molecule has 1 aromatic carbocycles. The van der Waals surface area contributed by atoms with Crippen LogP contribution < -0.4 is 5.32 Å². The Bertz CT molecular complexity index is 544. The van der Waals surface area contributed by atoms with Gasteiger partial charge in [-0.05, 0) is 57.2 Å². The second-order valence-electron chi connectivity index (χ2n) is 5.73. The van der Waals surface area contributed by atoms with Crippen molar-refractivity contribution in [2.24, 2.45) is 0 Å². The third kappa shape index (κ3) is 2.78. The van der Waals surface area contributed by atoms with Gasteiger partial charge in [0.25, 0.3) is 0 Å². The SMILES string of the molecule is Cc1noc(C)c1CCCNC1Cc2ccccc2C1. The van der Waals surface area contributed by atoms with Crippen LogP contribution in [0.15, 0.2) is 28.8 Å². The number of nitrogens with zero attached hydrogens (tertiary/aromatic N) is 1. The van der Waals surface area contributed by atoms with Crippen LogP contribution in [-0.4, -0.2) is 17.7 Å². The molecule has 3 heteroatoms. The maximum absolute atomic E-state index is 5.20. The van der Waals surface area contributed by atoms with Gasteiger partial charge in [-0.2, -0.15) is 0 Å². The highest BCUT2D eigenvalue weighted by Crippen LogP contribution is 2.21. The molecule has 20 heavy (non-hydrogen) atoms. The number of aromatic nitrogens is 1. The van der Waals surface area contributed by atoms with Crippen molar-refractivity contribution in [3.63, 3.8) is 0 Å². The van der Waals surface area contributed by atoms with E-state index >= 15 is 0 Å². The highest BCUT2D eigenvalue weighted by atomic mass is 16.5. The molecular weight excluding hydrogens is 248 g/mol. The molecule has 1 aliphatic carbocycles. The number of fused-ring (bicyclic) bond motifs is 1. The van der Waals surface area contributed by atoms with E-state index in [-0.39, 0.29) is 0 Å². The second-order valence-corrected chi connectivity index (χ2v) is 5.73. The molecule has 1 N–H and O–H groups in total. The van der Waals surface area contributed by atoms with Gasteiger partial charge in [0.05, 0.1) is 5.69 Å². The molecule has 0 bridgehead atoms. The molecule has 0 fully saturated rings. The molecule has 0 unspecified atom stereocenters. The van der Waals surface area contributed by atoms with E-state index in [0.29, 0.717) is 6.04 Å². The van der Waals surface area contributed by atoms with Crippen molar-refractivity contribution in [3.8, 4) is 0 Å². The summed E-state index contributed by atoms with van der Waals surface area (Å²) in [4.78, 5) is 0. The minimum atomic E-state index is 0.608. The fourth-order valence-electron chi connectivity index (χ4n) is 3.13. The van der Waals surface area contributed by atoms with E-state index in [2.05, 4.69) is 34.7 Å². The molecule has 106 valence electrons.